The molecule has 4 heteroatoms. The van der Waals surface area contributed by atoms with Gasteiger partial charge in [0.1, 0.15) is 0 Å². The Morgan fingerprint density at radius 2 is 1.83 bits per heavy atom. The number of hydrogen-bond acceptors (Lipinski definition) is 3. The monoisotopic (exact) mass is 406 g/mol. The maximum Gasteiger partial charge on any atom is 0.221 e. The summed E-state index contributed by atoms with van der Waals surface area (Å²) < 4.78 is 6.40. The number of nitrogens with zero attached hydrogens (tertiary/aromatic N) is 1. The molecule has 0 aliphatic carbocycles. The minimum absolute atomic E-state index is 0.0220. The van der Waals surface area contributed by atoms with E-state index < -0.39 is 0 Å². The van der Waals surface area contributed by atoms with Crippen LogP contribution >= 0.6 is 0 Å². The van der Waals surface area contributed by atoms with Crippen LogP contribution in [0.25, 0.3) is 0 Å². The van der Waals surface area contributed by atoms with Crippen molar-refractivity contribution in [1.82, 2.24) is 4.90 Å². The fourth-order valence-corrected chi connectivity index (χ4v) is 5.37. The van der Waals surface area contributed by atoms with Crippen molar-refractivity contribution in [2.45, 2.75) is 58.1 Å². The highest BCUT2D eigenvalue weighted by Gasteiger charge is 2.53. The lowest BCUT2D eigenvalue weighted by Gasteiger charge is -2.44. The number of aryl methyl sites for hydroxylation is 1. The Balaban J connectivity index is 1.45. The molecule has 2 aliphatic heterocycles. The standard InChI is InChI=1S/C26H34N2O2/c1-21(29)27-24-11-9-23(10-12-24)19-28-17-16-26(20-28,25(2)14-6-18-30-25)15-13-22-7-4-3-5-8-22/h3-5,7-12H,6,13-20H2,1-2H3,(H,27,29). The van der Waals surface area contributed by atoms with E-state index in [0.717, 1.165) is 38.3 Å². The zero-order chi connectivity index (χ0) is 21.0. The van der Waals surface area contributed by atoms with E-state index in [9.17, 15) is 4.79 Å². The number of anilines is 1. The minimum atomic E-state index is -0.0321. The Bertz CT molecular complexity index is 843. The van der Waals surface area contributed by atoms with Gasteiger partial charge < -0.3 is 10.1 Å². The van der Waals surface area contributed by atoms with E-state index in [-0.39, 0.29) is 16.9 Å². The van der Waals surface area contributed by atoms with Gasteiger partial charge in [0, 0.05) is 37.7 Å². The van der Waals surface area contributed by atoms with Crippen LogP contribution in [-0.2, 0) is 22.5 Å². The normalized spacial score (nSPS) is 26.7. The summed E-state index contributed by atoms with van der Waals surface area (Å²) in [6.07, 6.45) is 5.82. The highest BCUT2D eigenvalue weighted by molar-refractivity contribution is 5.88. The predicted octanol–water partition coefficient (Wildman–Crippen LogP) is 5.04. The molecule has 0 saturated carbocycles. The molecular weight excluding hydrogens is 372 g/mol. The van der Waals surface area contributed by atoms with Crippen molar-refractivity contribution in [2.75, 3.05) is 25.0 Å². The molecule has 160 valence electrons. The molecule has 2 fully saturated rings. The number of amides is 1. The summed E-state index contributed by atoms with van der Waals surface area (Å²) in [5, 5.41) is 2.84. The van der Waals surface area contributed by atoms with Crippen LogP contribution in [-0.4, -0.2) is 36.1 Å². The fourth-order valence-electron chi connectivity index (χ4n) is 5.37. The number of rotatable bonds is 7. The highest BCUT2D eigenvalue weighted by atomic mass is 16.5. The lowest BCUT2D eigenvalue weighted by atomic mass is 9.67. The van der Waals surface area contributed by atoms with Gasteiger partial charge in [-0.05, 0) is 68.8 Å². The third kappa shape index (κ3) is 4.60. The van der Waals surface area contributed by atoms with E-state index in [1.54, 1.807) is 6.92 Å². The number of carbonyl (C=O) groups is 1. The van der Waals surface area contributed by atoms with Crippen molar-refractivity contribution >= 4 is 11.6 Å². The van der Waals surface area contributed by atoms with E-state index in [2.05, 4.69) is 59.6 Å². The van der Waals surface area contributed by atoms with Gasteiger partial charge in [0.25, 0.3) is 0 Å². The molecule has 0 radical (unpaired) electrons. The summed E-state index contributed by atoms with van der Waals surface area (Å²) in [6.45, 7) is 7.94. The zero-order valence-electron chi connectivity index (χ0n) is 18.3. The second-order valence-electron chi connectivity index (χ2n) is 9.29. The van der Waals surface area contributed by atoms with Crippen molar-refractivity contribution < 1.29 is 9.53 Å². The van der Waals surface area contributed by atoms with Gasteiger partial charge in [-0.2, -0.15) is 0 Å². The zero-order valence-corrected chi connectivity index (χ0v) is 18.3. The molecule has 0 spiro atoms. The SMILES string of the molecule is CC(=O)Nc1ccc(CN2CCC(CCc3ccccc3)(C3(C)CCCO3)C2)cc1. The average Bonchev–Trinajstić information content (AvgIpc) is 3.37. The van der Waals surface area contributed by atoms with Crippen LogP contribution < -0.4 is 5.32 Å². The van der Waals surface area contributed by atoms with Gasteiger partial charge in [0.2, 0.25) is 5.91 Å². The molecule has 2 saturated heterocycles. The number of hydrogen-bond donors (Lipinski definition) is 1. The van der Waals surface area contributed by atoms with Crippen LogP contribution in [0.1, 0.15) is 50.7 Å². The first-order valence-corrected chi connectivity index (χ1v) is 11.2. The molecule has 0 aromatic heterocycles. The van der Waals surface area contributed by atoms with Crippen LogP contribution in [0.2, 0.25) is 0 Å². The fraction of sp³-hybridized carbons (Fsp3) is 0.500. The number of likely N-dealkylation sites (tertiary alicyclic amines) is 1. The maximum absolute atomic E-state index is 11.2. The first kappa shape index (κ1) is 21.1. The van der Waals surface area contributed by atoms with Crippen molar-refractivity contribution in [3.05, 3.63) is 65.7 Å². The molecule has 2 aromatic rings. The molecule has 2 aromatic carbocycles. The Kier molecular flexibility index (Phi) is 6.26. The van der Waals surface area contributed by atoms with Gasteiger partial charge >= 0.3 is 0 Å². The quantitative estimate of drug-likeness (QED) is 0.700. The third-order valence-corrected chi connectivity index (χ3v) is 7.19. The van der Waals surface area contributed by atoms with E-state index in [0.29, 0.717) is 0 Å². The Morgan fingerprint density at radius 3 is 2.50 bits per heavy atom. The van der Waals surface area contributed by atoms with Crippen LogP contribution in [0.4, 0.5) is 5.69 Å². The second kappa shape index (κ2) is 8.91. The average molecular weight is 407 g/mol. The Labute approximate surface area is 180 Å². The summed E-state index contributed by atoms with van der Waals surface area (Å²) >= 11 is 0. The van der Waals surface area contributed by atoms with E-state index in [4.69, 9.17) is 4.74 Å². The summed E-state index contributed by atoms with van der Waals surface area (Å²) in [6, 6.07) is 19.1. The smallest absolute Gasteiger partial charge is 0.221 e. The molecule has 4 rings (SSSR count). The highest BCUT2D eigenvalue weighted by Crippen LogP contribution is 2.51. The molecule has 1 amide bonds. The van der Waals surface area contributed by atoms with Gasteiger partial charge in [-0.25, -0.2) is 0 Å². The summed E-state index contributed by atoms with van der Waals surface area (Å²) in [5.74, 6) is -0.0321. The van der Waals surface area contributed by atoms with Gasteiger partial charge in [0.15, 0.2) is 0 Å². The number of nitrogens with one attached hydrogen (secondary N) is 1. The largest absolute Gasteiger partial charge is 0.375 e. The third-order valence-electron chi connectivity index (χ3n) is 7.19. The number of benzene rings is 2. The van der Waals surface area contributed by atoms with Crippen LogP contribution in [0, 0.1) is 5.41 Å². The van der Waals surface area contributed by atoms with Gasteiger partial charge in [-0.15, -0.1) is 0 Å². The van der Waals surface area contributed by atoms with E-state index >= 15 is 0 Å². The van der Waals surface area contributed by atoms with Gasteiger partial charge in [-0.1, -0.05) is 42.5 Å². The molecule has 2 heterocycles. The summed E-state index contributed by atoms with van der Waals surface area (Å²) in [7, 11) is 0. The second-order valence-corrected chi connectivity index (χ2v) is 9.29. The lowest BCUT2D eigenvalue weighted by molar-refractivity contribution is -0.114. The van der Waals surface area contributed by atoms with E-state index in [1.165, 1.54) is 36.8 Å². The molecule has 1 N–H and O–H groups in total. The summed E-state index contributed by atoms with van der Waals surface area (Å²) in [4.78, 5) is 13.8. The number of ether oxygens (including phenoxy) is 1. The minimum Gasteiger partial charge on any atom is -0.375 e. The Hall–Kier alpha value is -2.17. The Morgan fingerprint density at radius 1 is 1.07 bits per heavy atom. The van der Waals surface area contributed by atoms with Gasteiger partial charge in [-0.3, -0.25) is 9.69 Å². The molecular formula is C26H34N2O2. The first-order valence-electron chi connectivity index (χ1n) is 11.2. The lowest BCUT2D eigenvalue weighted by Crippen LogP contribution is -2.47. The maximum atomic E-state index is 11.2. The first-order chi connectivity index (χ1) is 14.5. The van der Waals surface area contributed by atoms with Crippen molar-refractivity contribution in [3.63, 3.8) is 0 Å². The molecule has 4 nitrogen and oxygen atoms in total. The van der Waals surface area contributed by atoms with Crippen molar-refractivity contribution in [1.29, 1.82) is 0 Å². The number of carbonyl (C=O) groups excluding carboxylic acids is 1. The topological polar surface area (TPSA) is 41.6 Å². The molecule has 30 heavy (non-hydrogen) atoms. The predicted molar refractivity (Wildman–Crippen MR) is 121 cm³/mol. The summed E-state index contributed by atoms with van der Waals surface area (Å²) in [5.41, 5.74) is 3.75. The van der Waals surface area contributed by atoms with Crippen molar-refractivity contribution in [2.24, 2.45) is 5.41 Å². The van der Waals surface area contributed by atoms with Crippen LogP contribution in [0.15, 0.2) is 54.6 Å². The molecule has 0 bridgehead atoms. The molecule has 2 unspecified atom stereocenters. The van der Waals surface area contributed by atoms with Gasteiger partial charge in [0.05, 0.1) is 5.60 Å². The van der Waals surface area contributed by atoms with Crippen molar-refractivity contribution in [3.8, 4) is 0 Å². The molecule has 2 aliphatic rings. The molecule has 2 atom stereocenters. The van der Waals surface area contributed by atoms with Crippen LogP contribution in [0.5, 0.6) is 0 Å². The van der Waals surface area contributed by atoms with Crippen LogP contribution in [0.3, 0.4) is 0 Å². The van der Waals surface area contributed by atoms with E-state index in [1.807, 2.05) is 12.1 Å².